The third-order valence-corrected chi connectivity index (χ3v) is 4.16. The molecule has 1 aromatic heterocycles. The van der Waals surface area contributed by atoms with Crippen LogP contribution in [-0.2, 0) is 11.3 Å². The molecule has 1 aliphatic heterocycles. The molecule has 2 aromatic rings. The number of nitrogens with one attached hydrogen (secondary N) is 3. The van der Waals surface area contributed by atoms with Crippen LogP contribution in [-0.4, -0.2) is 35.4 Å². The van der Waals surface area contributed by atoms with Crippen LogP contribution in [0.5, 0.6) is 5.75 Å². The highest BCUT2D eigenvalue weighted by Gasteiger charge is 2.29. The van der Waals surface area contributed by atoms with Gasteiger partial charge in [0.1, 0.15) is 18.4 Å². The molecule has 2 heterocycles. The van der Waals surface area contributed by atoms with E-state index in [0.717, 1.165) is 5.69 Å². The maximum atomic E-state index is 12.2. The lowest BCUT2D eigenvalue weighted by atomic mass is 10.1. The molecule has 3 rings (SSSR count). The third kappa shape index (κ3) is 4.87. The molecule has 7 nitrogen and oxygen atoms in total. The summed E-state index contributed by atoms with van der Waals surface area (Å²) in [5.74, 6) is 0.563. The Hall–Kier alpha value is -2.77. The first-order chi connectivity index (χ1) is 12.6. The van der Waals surface area contributed by atoms with Crippen LogP contribution >= 0.6 is 0 Å². The van der Waals surface area contributed by atoms with Crippen molar-refractivity contribution in [2.45, 2.75) is 32.0 Å². The quantitative estimate of drug-likeness (QED) is 0.648. The van der Waals surface area contributed by atoms with E-state index >= 15 is 0 Å². The van der Waals surface area contributed by atoms with Crippen LogP contribution in [0.1, 0.15) is 29.4 Å². The summed E-state index contributed by atoms with van der Waals surface area (Å²) in [5, 5.41) is 2.87. The fourth-order valence-electron chi connectivity index (χ4n) is 2.71. The van der Waals surface area contributed by atoms with E-state index < -0.39 is 0 Å². The van der Waals surface area contributed by atoms with Gasteiger partial charge in [-0.15, -0.1) is 0 Å². The number of hydrazine groups is 1. The van der Waals surface area contributed by atoms with Crippen LogP contribution in [0, 0.1) is 0 Å². The number of rotatable bonds is 7. The Morgan fingerprint density at radius 3 is 2.88 bits per heavy atom. The number of Topliss-reactive ketones (excluding diaryl/α,β-unsaturated/α-hetero) is 1. The number of nitrogens with zero attached hydrogens (tertiary/aromatic N) is 1. The molecule has 0 saturated carbocycles. The lowest BCUT2D eigenvalue weighted by molar-refractivity contribution is -0.123. The SMILES string of the molecule is CC(=O)c1cccc(OCC2CC(C(=O)NCc3ccccn3)NN2)c1. The second kappa shape index (κ2) is 8.55. The van der Waals surface area contributed by atoms with Gasteiger partial charge in [-0.1, -0.05) is 18.2 Å². The Kier molecular flexibility index (Phi) is 5.93. The van der Waals surface area contributed by atoms with E-state index in [9.17, 15) is 9.59 Å². The van der Waals surface area contributed by atoms with Crippen molar-refractivity contribution in [3.05, 3.63) is 59.9 Å². The highest BCUT2D eigenvalue weighted by atomic mass is 16.5. The molecule has 1 fully saturated rings. The van der Waals surface area contributed by atoms with Gasteiger partial charge in [-0.25, -0.2) is 5.43 Å². The van der Waals surface area contributed by atoms with E-state index in [1.54, 1.807) is 24.4 Å². The van der Waals surface area contributed by atoms with E-state index in [4.69, 9.17) is 4.74 Å². The maximum Gasteiger partial charge on any atom is 0.238 e. The smallest absolute Gasteiger partial charge is 0.238 e. The van der Waals surface area contributed by atoms with Gasteiger partial charge in [-0.3, -0.25) is 20.0 Å². The summed E-state index contributed by atoms with van der Waals surface area (Å²) in [7, 11) is 0. The molecule has 1 aromatic carbocycles. The molecule has 2 atom stereocenters. The molecule has 136 valence electrons. The predicted octanol–water partition coefficient (Wildman–Crippen LogP) is 1.21. The van der Waals surface area contributed by atoms with Crippen LogP contribution in [0.2, 0.25) is 0 Å². The van der Waals surface area contributed by atoms with E-state index in [2.05, 4.69) is 21.2 Å². The zero-order chi connectivity index (χ0) is 18.4. The summed E-state index contributed by atoms with van der Waals surface area (Å²) in [6.07, 6.45) is 2.31. The number of aromatic nitrogens is 1. The minimum Gasteiger partial charge on any atom is -0.492 e. The average molecular weight is 354 g/mol. The summed E-state index contributed by atoms with van der Waals surface area (Å²) >= 11 is 0. The van der Waals surface area contributed by atoms with Crippen molar-refractivity contribution in [1.82, 2.24) is 21.2 Å². The number of amides is 1. The molecular weight excluding hydrogens is 332 g/mol. The topological polar surface area (TPSA) is 92.4 Å². The lowest BCUT2D eigenvalue weighted by Crippen LogP contribution is -2.43. The van der Waals surface area contributed by atoms with Gasteiger partial charge in [0.15, 0.2) is 5.78 Å². The van der Waals surface area contributed by atoms with Gasteiger partial charge in [-0.05, 0) is 37.6 Å². The molecule has 26 heavy (non-hydrogen) atoms. The van der Waals surface area contributed by atoms with Crippen molar-refractivity contribution in [1.29, 1.82) is 0 Å². The molecule has 1 saturated heterocycles. The molecule has 7 heteroatoms. The first-order valence-electron chi connectivity index (χ1n) is 8.54. The minimum atomic E-state index is -0.323. The van der Waals surface area contributed by atoms with Crippen molar-refractivity contribution in [3.8, 4) is 5.75 Å². The van der Waals surface area contributed by atoms with Crippen molar-refractivity contribution in [3.63, 3.8) is 0 Å². The second-order valence-corrected chi connectivity index (χ2v) is 6.21. The van der Waals surface area contributed by atoms with Gasteiger partial charge >= 0.3 is 0 Å². The van der Waals surface area contributed by atoms with Crippen LogP contribution < -0.4 is 20.9 Å². The van der Waals surface area contributed by atoms with Gasteiger partial charge in [0.2, 0.25) is 5.91 Å². The summed E-state index contributed by atoms with van der Waals surface area (Å²) in [5.41, 5.74) is 7.50. The highest BCUT2D eigenvalue weighted by Crippen LogP contribution is 2.15. The molecule has 0 aliphatic carbocycles. The Morgan fingerprint density at radius 1 is 1.23 bits per heavy atom. The molecular formula is C19H22N4O3. The Balaban J connectivity index is 1.44. The number of ether oxygens (including phenoxy) is 1. The van der Waals surface area contributed by atoms with Crippen molar-refractivity contribution in [2.75, 3.05) is 6.61 Å². The van der Waals surface area contributed by atoms with E-state index in [1.165, 1.54) is 6.92 Å². The summed E-state index contributed by atoms with van der Waals surface area (Å²) < 4.78 is 5.74. The van der Waals surface area contributed by atoms with Gasteiger partial charge in [-0.2, -0.15) is 0 Å². The Bertz CT molecular complexity index is 766. The zero-order valence-electron chi connectivity index (χ0n) is 14.6. The standard InChI is InChI=1S/C19H22N4O3/c1-13(24)14-5-4-7-17(9-14)26-12-16-10-18(23-22-16)19(25)21-11-15-6-2-3-8-20-15/h2-9,16,18,22-23H,10-12H2,1H3,(H,21,25). The molecule has 0 bridgehead atoms. The van der Waals surface area contributed by atoms with Crippen molar-refractivity contribution in [2.24, 2.45) is 0 Å². The summed E-state index contributed by atoms with van der Waals surface area (Å²) in [6.45, 7) is 2.32. The van der Waals surface area contributed by atoms with Crippen LogP contribution in [0.4, 0.5) is 0 Å². The number of carbonyl (C=O) groups is 2. The largest absolute Gasteiger partial charge is 0.492 e. The van der Waals surface area contributed by atoms with Crippen LogP contribution in [0.25, 0.3) is 0 Å². The zero-order valence-corrected chi connectivity index (χ0v) is 14.6. The maximum absolute atomic E-state index is 12.2. The molecule has 2 unspecified atom stereocenters. The monoisotopic (exact) mass is 354 g/mol. The number of ketones is 1. The highest BCUT2D eigenvalue weighted by molar-refractivity contribution is 5.94. The Labute approximate surface area is 152 Å². The molecule has 3 N–H and O–H groups in total. The van der Waals surface area contributed by atoms with Crippen molar-refractivity contribution < 1.29 is 14.3 Å². The normalized spacial score (nSPS) is 19.1. The lowest BCUT2D eigenvalue weighted by Gasteiger charge is -2.12. The number of hydrogen-bond donors (Lipinski definition) is 3. The number of hydrogen-bond acceptors (Lipinski definition) is 6. The number of benzene rings is 1. The fourth-order valence-corrected chi connectivity index (χ4v) is 2.71. The average Bonchev–Trinajstić information content (AvgIpc) is 3.15. The van der Waals surface area contributed by atoms with Crippen molar-refractivity contribution >= 4 is 11.7 Å². The van der Waals surface area contributed by atoms with E-state index in [0.29, 0.717) is 30.9 Å². The van der Waals surface area contributed by atoms with Gasteiger partial charge in [0.05, 0.1) is 18.3 Å². The number of carbonyl (C=O) groups excluding carboxylic acids is 2. The molecule has 1 aliphatic rings. The predicted molar refractivity (Wildman–Crippen MR) is 96.5 cm³/mol. The van der Waals surface area contributed by atoms with Gasteiger partial charge in [0.25, 0.3) is 0 Å². The van der Waals surface area contributed by atoms with Crippen LogP contribution in [0.3, 0.4) is 0 Å². The van der Waals surface area contributed by atoms with E-state index in [-0.39, 0.29) is 23.8 Å². The number of pyridine rings is 1. The molecule has 1 amide bonds. The van der Waals surface area contributed by atoms with Gasteiger partial charge < -0.3 is 10.1 Å². The first kappa shape index (κ1) is 18.0. The third-order valence-electron chi connectivity index (χ3n) is 4.16. The second-order valence-electron chi connectivity index (χ2n) is 6.21. The molecule has 0 spiro atoms. The first-order valence-corrected chi connectivity index (χ1v) is 8.54. The van der Waals surface area contributed by atoms with Gasteiger partial charge in [0, 0.05) is 11.8 Å². The fraction of sp³-hybridized carbons (Fsp3) is 0.316. The van der Waals surface area contributed by atoms with Crippen LogP contribution in [0.15, 0.2) is 48.7 Å². The minimum absolute atomic E-state index is 0.000694. The van der Waals surface area contributed by atoms with E-state index in [1.807, 2.05) is 24.3 Å². The summed E-state index contributed by atoms with van der Waals surface area (Å²) in [6, 6.07) is 12.4. The Morgan fingerprint density at radius 2 is 2.12 bits per heavy atom. The summed E-state index contributed by atoms with van der Waals surface area (Å²) in [4.78, 5) is 27.8. The molecule has 0 radical (unpaired) electrons.